The molecule has 2 aromatic rings. The smallest absolute Gasteiger partial charge is 0.254 e. The van der Waals surface area contributed by atoms with Gasteiger partial charge < -0.3 is 20.7 Å². The molecule has 0 saturated carbocycles. The minimum atomic E-state index is -0.939. The summed E-state index contributed by atoms with van der Waals surface area (Å²) in [5.41, 5.74) is 0.948. The molecule has 0 bridgehead atoms. The summed E-state index contributed by atoms with van der Waals surface area (Å²) in [5, 5.41) is 8.06. The van der Waals surface area contributed by atoms with Crippen molar-refractivity contribution in [2.24, 2.45) is 0 Å². The lowest BCUT2D eigenvalue weighted by Gasteiger charge is -2.25. The number of nitrogens with zero attached hydrogens (tertiary/aromatic N) is 1. The Morgan fingerprint density at radius 1 is 0.909 bits per heavy atom. The minimum Gasteiger partial charge on any atom is -0.379 e. The topological polar surface area (TPSA) is 99.8 Å². The van der Waals surface area contributed by atoms with E-state index in [1.165, 1.54) is 0 Å². The highest BCUT2D eigenvalue weighted by Gasteiger charge is 2.14. The van der Waals surface area contributed by atoms with Crippen molar-refractivity contribution in [2.45, 2.75) is 12.8 Å². The Morgan fingerprint density at radius 2 is 1.55 bits per heavy atom. The number of benzene rings is 2. The van der Waals surface area contributed by atoms with Gasteiger partial charge in [-0.1, -0.05) is 0 Å². The molecule has 33 heavy (non-hydrogen) atoms. The zero-order valence-corrected chi connectivity index (χ0v) is 18.0. The van der Waals surface area contributed by atoms with Crippen molar-refractivity contribution < 1.29 is 27.9 Å². The van der Waals surface area contributed by atoms with Crippen molar-refractivity contribution in [3.05, 3.63) is 59.7 Å². The minimum absolute atomic E-state index is 0.115. The van der Waals surface area contributed by atoms with Crippen molar-refractivity contribution in [1.82, 2.24) is 10.2 Å². The van der Waals surface area contributed by atoms with Gasteiger partial charge in [-0.25, -0.2) is 8.78 Å². The molecule has 1 aliphatic heterocycles. The first kappa shape index (κ1) is 24.3. The zero-order valence-electron chi connectivity index (χ0n) is 18.0. The lowest BCUT2D eigenvalue weighted by atomic mass is 10.2. The fraction of sp³-hybridized carbons (Fsp3) is 0.348. The van der Waals surface area contributed by atoms with Crippen LogP contribution in [0.4, 0.5) is 20.2 Å². The summed E-state index contributed by atoms with van der Waals surface area (Å²) >= 11 is 0. The molecule has 3 N–H and O–H groups in total. The maximum Gasteiger partial charge on any atom is 0.254 e. The molecule has 1 saturated heterocycles. The molecule has 1 fully saturated rings. The second-order valence-electron chi connectivity index (χ2n) is 7.55. The molecule has 1 aliphatic rings. The molecule has 8 nitrogen and oxygen atoms in total. The lowest BCUT2D eigenvalue weighted by Crippen LogP contribution is -2.41. The number of amides is 3. The third-order valence-corrected chi connectivity index (χ3v) is 4.97. The normalized spacial score (nSPS) is 13.9. The molecule has 176 valence electrons. The van der Waals surface area contributed by atoms with Gasteiger partial charge in [0.25, 0.3) is 5.91 Å². The maximum atomic E-state index is 13.6. The van der Waals surface area contributed by atoms with Gasteiger partial charge >= 0.3 is 0 Å². The molecule has 0 radical (unpaired) electrons. The van der Waals surface area contributed by atoms with E-state index in [1.807, 2.05) is 4.90 Å². The van der Waals surface area contributed by atoms with Crippen molar-refractivity contribution in [2.75, 3.05) is 50.0 Å². The molecule has 0 atom stereocenters. The van der Waals surface area contributed by atoms with Crippen molar-refractivity contribution in [3.8, 4) is 0 Å². The molecule has 0 spiro atoms. The number of rotatable bonds is 9. The molecule has 3 amide bonds. The fourth-order valence-corrected chi connectivity index (χ4v) is 3.24. The molecule has 0 aromatic heterocycles. The predicted octanol–water partition coefficient (Wildman–Crippen LogP) is 2.38. The molecular weight excluding hydrogens is 434 g/mol. The van der Waals surface area contributed by atoms with Crippen LogP contribution in [0.3, 0.4) is 0 Å². The van der Waals surface area contributed by atoms with Gasteiger partial charge in [-0.15, -0.1) is 0 Å². The summed E-state index contributed by atoms with van der Waals surface area (Å²) < 4.78 is 31.8. The number of hydrogen-bond acceptors (Lipinski definition) is 5. The molecule has 2 aromatic carbocycles. The molecule has 1 heterocycles. The van der Waals surface area contributed by atoms with E-state index < -0.39 is 17.5 Å². The van der Waals surface area contributed by atoms with Crippen LogP contribution < -0.4 is 16.0 Å². The number of halogens is 2. The Morgan fingerprint density at radius 3 is 2.18 bits per heavy atom. The first-order chi connectivity index (χ1) is 15.9. The Bertz CT molecular complexity index is 979. The van der Waals surface area contributed by atoms with E-state index >= 15 is 0 Å². The first-order valence-corrected chi connectivity index (χ1v) is 10.6. The van der Waals surface area contributed by atoms with Gasteiger partial charge in [-0.05, 0) is 42.8 Å². The second-order valence-corrected chi connectivity index (χ2v) is 7.55. The number of hydrogen-bond donors (Lipinski definition) is 3. The Labute approximate surface area is 190 Å². The number of ether oxygens (including phenoxy) is 1. The SMILES string of the molecule is O=C(CCCNC(=O)c1ccc(F)cc1F)Nc1ccc(NC(=O)CN2CCOCC2)cc1. The summed E-state index contributed by atoms with van der Waals surface area (Å²) in [6, 6.07) is 9.48. The van der Waals surface area contributed by atoms with Crippen LogP contribution >= 0.6 is 0 Å². The van der Waals surface area contributed by atoms with Crippen LogP contribution in [0.2, 0.25) is 0 Å². The number of carbonyl (C=O) groups excluding carboxylic acids is 3. The maximum absolute atomic E-state index is 13.6. The lowest BCUT2D eigenvalue weighted by molar-refractivity contribution is -0.118. The van der Waals surface area contributed by atoms with Crippen LogP contribution in [0.5, 0.6) is 0 Å². The van der Waals surface area contributed by atoms with Gasteiger partial charge in [-0.3, -0.25) is 19.3 Å². The highest BCUT2D eigenvalue weighted by atomic mass is 19.1. The highest BCUT2D eigenvalue weighted by Crippen LogP contribution is 2.14. The van der Waals surface area contributed by atoms with E-state index in [4.69, 9.17) is 4.74 Å². The molecule has 3 rings (SSSR count). The van der Waals surface area contributed by atoms with Crippen LogP contribution in [0, 0.1) is 11.6 Å². The average molecular weight is 460 g/mol. The molecule has 0 unspecified atom stereocenters. The van der Waals surface area contributed by atoms with Gasteiger partial charge in [-0.2, -0.15) is 0 Å². The first-order valence-electron chi connectivity index (χ1n) is 10.6. The summed E-state index contributed by atoms with van der Waals surface area (Å²) in [5.74, 6) is -2.73. The summed E-state index contributed by atoms with van der Waals surface area (Å²) in [6.07, 6.45) is 0.486. The van der Waals surface area contributed by atoms with Crippen LogP contribution in [-0.2, 0) is 14.3 Å². The monoisotopic (exact) mass is 460 g/mol. The van der Waals surface area contributed by atoms with E-state index in [-0.39, 0.29) is 30.3 Å². The van der Waals surface area contributed by atoms with Gasteiger partial charge in [0.05, 0.1) is 25.3 Å². The van der Waals surface area contributed by atoms with Gasteiger partial charge in [0.2, 0.25) is 11.8 Å². The van der Waals surface area contributed by atoms with E-state index in [0.29, 0.717) is 43.6 Å². The third kappa shape index (κ3) is 7.92. The molecule has 10 heteroatoms. The Kier molecular flexibility index (Phi) is 8.85. The molecular formula is C23H26F2N4O4. The summed E-state index contributed by atoms with van der Waals surface area (Å²) in [6.45, 7) is 3.17. The highest BCUT2D eigenvalue weighted by molar-refractivity contribution is 5.95. The Hall–Kier alpha value is -3.37. The average Bonchev–Trinajstić information content (AvgIpc) is 2.78. The number of carbonyl (C=O) groups is 3. The van der Waals surface area contributed by atoms with E-state index in [9.17, 15) is 23.2 Å². The number of morpholine rings is 1. The Balaban J connectivity index is 1.35. The van der Waals surface area contributed by atoms with Crippen molar-refractivity contribution >= 4 is 29.1 Å². The van der Waals surface area contributed by atoms with Crippen molar-refractivity contribution in [3.63, 3.8) is 0 Å². The van der Waals surface area contributed by atoms with Crippen LogP contribution in [0.1, 0.15) is 23.2 Å². The van der Waals surface area contributed by atoms with Gasteiger partial charge in [0, 0.05) is 43.5 Å². The van der Waals surface area contributed by atoms with Gasteiger partial charge in [0.1, 0.15) is 11.6 Å². The van der Waals surface area contributed by atoms with E-state index in [0.717, 1.165) is 25.2 Å². The van der Waals surface area contributed by atoms with Crippen LogP contribution in [-0.4, -0.2) is 62.0 Å². The fourth-order valence-electron chi connectivity index (χ4n) is 3.24. The number of anilines is 2. The second kappa shape index (κ2) is 12.0. The third-order valence-electron chi connectivity index (χ3n) is 4.97. The van der Waals surface area contributed by atoms with Crippen LogP contribution in [0.25, 0.3) is 0 Å². The van der Waals surface area contributed by atoms with E-state index in [2.05, 4.69) is 16.0 Å². The van der Waals surface area contributed by atoms with Crippen molar-refractivity contribution in [1.29, 1.82) is 0 Å². The number of nitrogens with one attached hydrogen (secondary N) is 3. The zero-order chi connectivity index (χ0) is 23.6. The largest absolute Gasteiger partial charge is 0.379 e. The predicted molar refractivity (Wildman–Crippen MR) is 119 cm³/mol. The van der Waals surface area contributed by atoms with Gasteiger partial charge in [0.15, 0.2) is 0 Å². The standard InChI is InChI=1S/C23H26F2N4O4/c24-16-3-8-19(20(25)14-16)23(32)26-9-1-2-21(30)27-17-4-6-18(7-5-17)28-22(31)15-29-10-12-33-13-11-29/h3-8,14H,1-2,9-13,15H2,(H,26,32)(H,27,30)(H,28,31). The van der Waals surface area contributed by atoms with Crippen LogP contribution in [0.15, 0.2) is 42.5 Å². The summed E-state index contributed by atoms with van der Waals surface area (Å²) in [4.78, 5) is 38.2. The van der Waals surface area contributed by atoms with E-state index in [1.54, 1.807) is 24.3 Å². The molecule has 0 aliphatic carbocycles. The quantitative estimate of drug-likeness (QED) is 0.499. The summed E-state index contributed by atoms with van der Waals surface area (Å²) in [7, 11) is 0.